The molecule has 24 heavy (non-hydrogen) atoms. The number of hydrogen-bond donors (Lipinski definition) is 0. The molecule has 0 fully saturated rings. The van der Waals surface area contributed by atoms with Crippen molar-refractivity contribution in [3.05, 3.63) is 64.5 Å². The molecule has 3 nitrogen and oxygen atoms in total. The second kappa shape index (κ2) is 7.46. The van der Waals surface area contributed by atoms with E-state index in [-0.39, 0.29) is 11.5 Å². The van der Waals surface area contributed by atoms with Crippen LogP contribution in [0.5, 0.6) is 5.75 Å². The van der Waals surface area contributed by atoms with Gasteiger partial charge in [-0.15, -0.1) is 22.7 Å². The summed E-state index contributed by atoms with van der Waals surface area (Å²) in [7, 11) is 0. The normalized spacial score (nSPS) is 11.3. The summed E-state index contributed by atoms with van der Waals surface area (Å²) in [4.78, 5) is 17.6. The molecule has 1 aromatic carbocycles. The number of benzene rings is 1. The van der Waals surface area contributed by atoms with Gasteiger partial charge in [-0.3, -0.25) is 4.79 Å². The van der Waals surface area contributed by atoms with E-state index < -0.39 is 6.61 Å². The molecule has 0 atom stereocenters. The van der Waals surface area contributed by atoms with Crippen LogP contribution in [0.15, 0.2) is 53.2 Å². The predicted molar refractivity (Wildman–Crippen MR) is 91.9 cm³/mol. The summed E-state index contributed by atoms with van der Waals surface area (Å²) in [6, 6.07) is 9.52. The highest BCUT2D eigenvalue weighted by molar-refractivity contribution is 7.20. The van der Waals surface area contributed by atoms with Crippen LogP contribution in [0.4, 0.5) is 8.78 Å². The second-order valence-corrected chi connectivity index (χ2v) is 6.46. The van der Waals surface area contributed by atoms with E-state index in [4.69, 9.17) is 0 Å². The Labute approximate surface area is 144 Å². The highest BCUT2D eigenvalue weighted by Crippen LogP contribution is 2.28. The number of ether oxygens (including phenoxy) is 1. The van der Waals surface area contributed by atoms with E-state index in [0.717, 1.165) is 9.88 Å². The third kappa shape index (κ3) is 4.12. The molecule has 3 rings (SSSR count). The van der Waals surface area contributed by atoms with E-state index in [2.05, 4.69) is 9.72 Å². The minimum Gasteiger partial charge on any atom is -0.435 e. The number of nitrogens with zero attached hydrogens (tertiary/aromatic N) is 1. The fourth-order valence-corrected chi connectivity index (χ4v) is 3.54. The molecule has 0 bridgehead atoms. The molecule has 0 aliphatic heterocycles. The molecule has 0 N–H and O–H groups in total. The molecule has 0 spiro atoms. The van der Waals surface area contributed by atoms with Gasteiger partial charge in [0.2, 0.25) is 0 Å². The van der Waals surface area contributed by atoms with E-state index in [1.54, 1.807) is 17.4 Å². The van der Waals surface area contributed by atoms with Gasteiger partial charge < -0.3 is 4.74 Å². The molecule has 0 amide bonds. The topological polar surface area (TPSA) is 39.2 Å². The molecule has 0 saturated heterocycles. The zero-order valence-corrected chi connectivity index (χ0v) is 13.8. The molecule has 0 aliphatic rings. The van der Waals surface area contributed by atoms with E-state index in [9.17, 15) is 13.6 Å². The number of rotatable bonds is 6. The lowest BCUT2D eigenvalue weighted by molar-refractivity contribution is -0.0498. The average Bonchev–Trinajstić information content (AvgIpc) is 3.24. The number of halogens is 2. The molecule has 0 saturated carbocycles. The van der Waals surface area contributed by atoms with Crippen LogP contribution in [0.3, 0.4) is 0 Å². The minimum atomic E-state index is -2.88. The first-order valence-electron chi connectivity index (χ1n) is 6.88. The second-order valence-electron chi connectivity index (χ2n) is 4.66. The fraction of sp³-hybridized carbons (Fsp3) is 0.0588. The summed E-state index contributed by atoms with van der Waals surface area (Å²) >= 11 is 3.12. The molecule has 2 aromatic heterocycles. The molecular weight excluding hydrogens is 352 g/mol. The van der Waals surface area contributed by atoms with Gasteiger partial charge in [-0.2, -0.15) is 8.78 Å². The lowest BCUT2D eigenvalue weighted by Crippen LogP contribution is -2.02. The van der Waals surface area contributed by atoms with Gasteiger partial charge in [-0.05, 0) is 47.9 Å². The monoisotopic (exact) mass is 363 g/mol. The van der Waals surface area contributed by atoms with Crippen molar-refractivity contribution in [2.24, 2.45) is 0 Å². The number of aromatic nitrogens is 1. The van der Waals surface area contributed by atoms with Gasteiger partial charge in [0.25, 0.3) is 0 Å². The van der Waals surface area contributed by atoms with Crippen LogP contribution in [-0.4, -0.2) is 17.4 Å². The van der Waals surface area contributed by atoms with Crippen molar-refractivity contribution in [3.8, 4) is 15.6 Å². The van der Waals surface area contributed by atoms with Crippen molar-refractivity contribution >= 4 is 34.5 Å². The van der Waals surface area contributed by atoms with Crippen LogP contribution < -0.4 is 4.74 Å². The number of ketones is 1. The first-order valence-corrected chi connectivity index (χ1v) is 8.64. The van der Waals surface area contributed by atoms with Crippen molar-refractivity contribution in [2.45, 2.75) is 6.61 Å². The maximum atomic E-state index is 12.1. The number of allylic oxidation sites excluding steroid dienone is 1. The van der Waals surface area contributed by atoms with E-state index in [1.165, 1.54) is 41.7 Å². The van der Waals surface area contributed by atoms with Crippen LogP contribution in [0.1, 0.15) is 16.1 Å². The first-order chi connectivity index (χ1) is 11.6. The van der Waals surface area contributed by atoms with Crippen molar-refractivity contribution in [1.29, 1.82) is 0 Å². The predicted octanol–water partition coefficient (Wildman–Crippen LogP) is 5.37. The maximum Gasteiger partial charge on any atom is 0.387 e. The molecule has 3 aromatic rings. The third-order valence-electron chi connectivity index (χ3n) is 3.02. The number of carbonyl (C=O) groups excluding carboxylic acids is 1. The Morgan fingerprint density at radius 1 is 1.17 bits per heavy atom. The Morgan fingerprint density at radius 3 is 2.62 bits per heavy atom. The Balaban J connectivity index is 1.67. The number of carbonyl (C=O) groups is 1. The van der Waals surface area contributed by atoms with Gasteiger partial charge in [0.15, 0.2) is 5.78 Å². The van der Waals surface area contributed by atoms with E-state index in [0.29, 0.717) is 11.3 Å². The minimum absolute atomic E-state index is 0.0191. The van der Waals surface area contributed by atoms with Crippen molar-refractivity contribution in [3.63, 3.8) is 0 Å². The largest absolute Gasteiger partial charge is 0.435 e. The smallest absolute Gasteiger partial charge is 0.387 e. The van der Waals surface area contributed by atoms with Crippen molar-refractivity contribution in [1.82, 2.24) is 4.98 Å². The summed E-state index contributed by atoms with van der Waals surface area (Å²) in [5.41, 5.74) is 1.09. The number of hydrogen-bond acceptors (Lipinski definition) is 5. The van der Waals surface area contributed by atoms with Crippen molar-refractivity contribution in [2.75, 3.05) is 0 Å². The van der Waals surface area contributed by atoms with Gasteiger partial charge in [0.05, 0.1) is 10.6 Å². The molecule has 122 valence electrons. The molecule has 0 unspecified atom stereocenters. The first kappa shape index (κ1) is 16.5. The number of thiophene rings is 1. The van der Waals surface area contributed by atoms with Gasteiger partial charge in [0, 0.05) is 10.9 Å². The lowest BCUT2D eigenvalue weighted by Gasteiger charge is -2.04. The summed E-state index contributed by atoms with van der Waals surface area (Å²) in [6.07, 6.45) is 3.05. The number of alkyl halides is 2. The van der Waals surface area contributed by atoms with E-state index in [1.807, 2.05) is 22.9 Å². The molecule has 0 radical (unpaired) electrons. The molecule has 2 heterocycles. The Hall–Kier alpha value is -2.38. The Bertz CT molecular complexity index is 840. The molecule has 7 heteroatoms. The Kier molecular flexibility index (Phi) is 5.12. The van der Waals surface area contributed by atoms with Gasteiger partial charge in [0.1, 0.15) is 10.8 Å². The van der Waals surface area contributed by atoms with Gasteiger partial charge >= 0.3 is 6.61 Å². The van der Waals surface area contributed by atoms with E-state index >= 15 is 0 Å². The van der Waals surface area contributed by atoms with Crippen LogP contribution in [0.2, 0.25) is 0 Å². The van der Waals surface area contributed by atoms with Gasteiger partial charge in [-0.25, -0.2) is 4.98 Å². The maximum absolute atomic E-state index is 12.1. The SMILES string of the molecule is O=C(/C=C/c1csc(-c2cccs2)n1)c1ccc(OC(F)F)cc1. The van der Waals surface area contributed by atoms with Gasteiger partial charge in [-0.1, -0.05) is 6.07 Å². The van der Waals surface area contributed by atoms with Crippen LogP contribution in [0, 0.1) is 0 Å². The Morgan fingerprint density at radius 2 is 1.96 bits per heavy atom. The summed E-state index contributed by atoms with van der Waals surface area (Å²) < 4.78 is 28.4. The zero-order valence-electron chi connectivity index (χ0n) is 12.2. The summed E-state index contributed by atoms with van der Waals surface area (Å²) in [5.74, 6) is -0.213. The van der Waals surface area contributed by atoms with Crippen LogP contribution >= 0.6 is 22.7 Å². The van der Waals surface area contributed by atoms with Crippen LogP contribution in [-0.2, 0) is 0 Å². The fourth-order valence-electron chi connectivity index (χ4n) is 1.93. The number of thiazole rings is 1. The molecular formula is C17H11F2NO2S2. The van der Waals surface area contributed by atoms with Crippen LogP contribution in [0.25, 0.3) is 16.0 Å². The lowest BCUT2D eigenvalue weighted by atomic mass is 10.1. The third-order valence-corrected chi connectivity index (χ3v) is 4.92. The highest BCUT2D eigenvalue weighted by atomic mass is 32.1. The highest BCUT2D eigenvalue weighted by Gasteiger charge is 2.07. The standard InChI is InChI=1S/C17H11F2NO2S2/c18-17(19)22-13-6-3-11(4-7-13)14(21)8-5-12-10-24-16(20-12)15-2-1-9-23-15/h1-10,17H/b8-5+. The van der Waals surface area contributed by atoms with Crippen molar-refractivity contribution < 1.29 is 18.3 Å². The average molecular weight is 363 g/mol. The summed E-state index contributed by atoms with van der Waals surface area (Å²) in [6.45, 7) is -2.88. The zero-order chi connectivity index (χ0) is 16.9. The summed E-state index contributed by atoms with van der Waals surface area (Å²) in [5, 5.41) is 4.76. The molecule has 0 aliphatic carbocycles. The quantitative estimate of drug-likeness (QED) is 0.437.